The zero-order chi connectivity index (χ0) is 16.7. The van der Waals surface area contributed by atoms with Crippen molar-refractivity contribution >= 4 is 33.3 Å². The van der Waals surface area contributed by atoms with Crippen molar-refractivity contribution in [3.8, 4) is 0 Å². The third-order valence-electron chi connectivity index (χ3n) is 4.08. The van der Waals surface area contributed by atoms with Gasteiger partial charge in [0.15, 0.2) is 0 Å². The molecular weight excluding hydrogens is 324 g/mol. The summed E-state index contributed by atoms with van der Waals surface area (Å²) in [7, 11) is 0. The van der Waals surface area contributed by atoms with Gasteiger partial charge in [-0.15, -0.1) is 23.1 Å². The second kappa shape index (κ2) is 6.13. The Morgan fingerprint density at radius 1 is 1.22 bits per heavy atom. The van der Waals surface area contributed by atoms with Gasteiger partial charge in [-0.25, -0.2) is 4.98 Å². The first-order chi connectivity index (χ1) is 10.9. The van der Waals surface area contributed by atoms with E-state index in [1.165, 1.54) is 16.0 Å². The second-order valence-electron chi connectivity index (χ2n) is 5.94. The molecule has 0 aliphatic rings. The minimum atomic E-state index is -0.0278. The van der Waals surface area contributed by atoms with Crippen molar-refractivity contribution in [1.82, 2.24) is 9.97 Å². The third-order valence-corrected chi connectivity index (χ3v) is 6.47. The molecule has 1 atom stereocenters. The zero-order valence-electron chi connectivity index (χ0n) is 14.0. The van der Waals surface area contributed by atoms with Gasteiger partial charge in [-0.2, -0.15) is 0 Å². The van der Waals surface area contributed by atoms with Gasteiger partial charge >= 0.3 is 0 Å². The van der Waals surface area contributed by atoms with E-state index in [1.807, 2.05) is 13.8 Å². The summed E-state index contributed by atoms with van der Waals surface area (Å²) in [5.74, 6) is 0.744. The number of nitrogens with one attached hydrogen (secondary N) is 1. The largest absolute Gasteiger partial charge is 0.309 e. The van der Waals surface area contributed by atoms with Gasteiger partial charge in [-0.05, 0) is 51.8 Å². The van der Waals surface area contributed by atoms with Gasteiger partial charge in [-0.1, -0.05) is 17.7 Å². The Bertz CT molecular complexity index is 940. The van der Waals surface area contributed by atoms with Gasteiger partial charge in [0.25, 0.3) is 5.56 Å². The maximum atomic E-state index is 12.4. The van der Waals surface area contributed by atoms with Gasteiger partial charge in [0.05, 0.1) is 10.6 Å². The number of aryl methyl sites for hydroxylation is 4. The van der Waals surface area contributed by atoms with E-state index in [1.54, 1.807) is 23.1 Å². The number of hydrogen-bond acceptors (Lipinski definition) is 4. The normalized spacial score (nSPS) is 12.7. The Morgan fingerprint density at radius 3 is 2.65 bits per heavy atom. The van der Waals surface area contributed by atoms with Crippen LogP contribution in [0.4, 0.5) is 0 Å². The SMILES string of the molecule is Cc1ccc(SC(C)c2nc3sc(C)c(C)c3c(=O)[nH]2)c(C)c1. The van der Waals surface area contributed by atoms with Crippen molar-refractivity contribution < 1.29 is 0 Å². The number of thioether (sulfide) groups is 1. The standard InChI is InChI=1S/C18H20N2OS2/c1-9-6-7-14(10(2)8-9)22-13(5)16-19-17(21)15-11(3)12(4)23-18(15)20-16/h6-8,13H,1-5H3,(H,19,20,21). The van der Waals surface area contributed by atoms with Crippen LogP contribution in [0.15, 0.2) is 27.9 Å². The van der Waals surface area contributed by atoms with Crippen molar-refractivity contribution in [1.29, 1.82) is 0 Å². The van der Waals surface area contributed by atoms with E-state index in [0.29, 0.717) is 0 Å². The molecule has 0 saturated carbocycles. The van der Waals surface area contributed by atoms with E-state index in [-0.39, 0.29) is 10.8 Å². The second-order valence-corrected chi connectivity index (χ2v) is 8.53. The number of hydrogen-bond donors (Lipinski definition) is 1. The van der Waals surface area contributed by atoms with Crippen molar-refractivity contribution in [3.63, 3.8) is 0 Å². The first kappa shape index (κ1) is 16.3. The lowest BCUT2D eigenvalue weighted by molar-refractivity contribution is 0.924. The molecule has 3 nitrogen and oxygen atoms in total. The Labute approximate surface area is 144 Å². The summed E-state index contributed by atoms with van der Waals surface area (Å²) in [6, 6.07) is 6.44. The molecular formula is C18H20N2OS2. The summed E-state index contributed by atoms with van der Waals surface area (Å²) < 4.78 is 0. The minimum absolute atomic E-state index is 0.0278. The van der Waals surface area contributed by atoms with Crippen molar-refractivity contribution in [2.45, 2.75) is 44.8 Å². The molecule has 1 unspecified atom stereocenters. The summed E-state index contributed by atoms with van der Waals surface area (Å²) >= 11 is 3.33. The fourth-order valence-electron chi connectivity index (χ4n) is 2.64. The van der Waals surface area contributed by atoms with Crippen LogP contribution in [0.3, 0.4) is 0 Å². The van der Waals surface area contributed by atoms with Crippen LogP contribution in [0.1, 0.15) is 39.6 Å². The Hall–Kier alpha value is -1.59. The maximum absolute atomic E-state index is 12.4. The molecule has 23 heavy (non-hydrogen) atoms. The summed E-state index contributed by atoms with van der Waals surface area (Å²) in [5, 5.41) is 0.830. The topological polar surface area (TPSA) is 45.8 Å². The molecule has 0 amide bonds. The Balaban J connectivity index is 1.98. The first-order valence-corrected chi connectivity index (χ1v) is 9.30. The summed E-state index contributed by atoms with van der Waals surface area (Å²) in [6.45, 7) is 10.3. The molecule has 3 rings (SSSR count). The number of fused-ring (bicyclic) bond motifs is 1. The van der Waals surface area contributed by atoms with Crippen LogP contribution in [-0.4, -0.2) is 9.97 Å². The summed E-state index contributed by atoms with van der Waals surface area (Å²) in [6.07, 6.45) is 0. The van der Waals surface area contributed by atoms with E-state index in [4.69, 9.17) is 4.98 Å². The number of H-pyrrole nitrogens is 1. The molecule has 0 fully saturated rings. The number of benzene rings is 1. The molecule has 0 radical (unpaired) electrons. The maximum Gasteiger partial charge on any atom is 0.259 e. The van der Waals surface area contributed by atoms with Crippen LogP contribution in [-0.2, 0) is 0 Å². The summed E-state index contributed by atoms with van der Waals surface area (Å²) in [4.78, 5) is 23.3. The number of nitrogens with zero attached hydrogens (tertiary/aromatic N) is 1. The Kier molecular flexibility index (Phi) is 4.34. The smallest absolute Gasteiger partial charge is 0.259 e. The first-order valence-electron chi connectivity index (χ1n) is 7.60. The van der Waals surface area contributed by atoms with Crippen molar-refractivity contribution in [2.75, 3.05) is 0 Å². The van der Waals surface area contributed by atoms with E-state index in [9.17, 15) is 4.79 Å². The zero-order valence-corrected chi connectivity index (χ0v) is 15.6. The molecule has 2 heterocycles. The molecule has 5 heteroatoms. The quantitative estimate of drug-likeness (QED) is 0.675. The average Bonchev–Trinajstić information content (AvgIpc) is 2.77. The van der Waals surface area contributed by atoms with Gasteiger partial charge in [0.1, 0.15) is 10.7 Å². The molecule has 1 N–H and O–H groups in total. The molecule has 2 aromatic heterocycles. The van der Waals surface area contributed by atoms with Crippen LogP contribution in [0.25, 0.3) is 10.2 Å². The van der Waals surface area contributed by atoms with E-state index >= 15 is 0 Å². The summed E-state index contributed by atoms with van der Waals surface area (Å²) in [5.41, 5.74) is 3.53. The van der Waals surface area contributed by atoms with Gasteiger partial charge in [-0.3, -0.25) is 4.79 Å². The number of thiophene rings is 1. The van der Waals surface area contributed by atoms with Gasteiger partial charge in [0, 0.05) is 9.77 Å². The number of aromatic amines is 1. The van der Waals surface area contributed by atoms with Crippen LogP contribution in [0.2, 0.25) is 0 Å². The van der Waals surface area contributed by atoms with Crippen LogP contribution in [0, 0.1) is 27.7 Å². The molecule has 0 saturated heterocycles. The molecule has 0 bridgehead atoms. The van der Waals surface area contributed by atoms with Crippen molar-refractivity contribution in [2.24, 2.45) is 0 Å². The van der Waals surface area contributed by atoms with E-state index in [0.717, 1.165) is 26.5 Å². The minimum Gasteiger partial charge on any atom is -0.309 e. The highest BCUT2D eigenvalue weighted by Gasteiger charge is 2.16. The Morgan fingerprint density at radius 2 is 1.96 bits per heavy atom. The van der Waals surface area contributed by atoms with Gasteiger partial charge in [0.2, 0.25) is 0 Å². The predicted octanol–water partition coefficient (Wildman–Crippen LogP) is 5.07. The van der Waals surface area contributed by atoms with Crippen LogP contribution >= 0.6 is 23.1 Å². The fraction of sp³-hybridized carbons (Fsp3) is 0.333. The number of aromatic nitrogens is 2. The lowest BCUT2D eigenvalue weighted by Crippen LogP contribution is -2.12. The van der Waals surface area contributed by atoms with E-state index < -0.39 is 0 Å². The lowest BCUT2D eigenvalue weighted by Gasteiger charge is -2.13. The highest BCUT2D eigenvalue weighted by atomic mass is 32.2. The molecule has 3 aromatic rings. The van der Waals surface area contributed by atoms with Gasteiger partial charge < -0.3 is 4.98 Å². The molecule has 0 aliphatic heterocycles. The molecule has 1 aromatic carbocycles. The molecule has 0 aliphatic carbocycles. The predicted molar refractivity (Wildman–Crippen MR) is 99.9 cm³/mol. The van der Waals surface area contributed by atoms with Crippen LogP contribution in [0.5, 0.6) is 0 Å². The number of rotatable bonds is 3. The average molecular weight is 345 g/mol. The third kappa shape index (κ3) is 3.08. The monoisotopic (exact) mass is 344 g/mol. The lowest BCUT2D eigenvalue weighted by atomic mass is 10.2. The highest BCUT2D eigenvalue weighted by Crippen LogP contribution is 2.36. The van der Waals surface area contributed by atoms with Crippen molar-refractivity contribution in [3.05, 3.63) is 55.9 Å². The van der Waals surface area contributed by atoms with E-state index in [2.05, 4.69) is 44.0 Å². The highest BCUT2D eigenvalue weighted by molar-refractivity contribution is 7.99. The molecule has 120 valence electrons. The fourth-order valence-corrected chi connectivity index (χ4v) is 4.67. The molecule has 0 spiro atoms. The van der Waals surface area contributed by atoms with Crippen LogP contribution < -0.4 is 5.56 Å².